The molecule has 1 N–H and O–H groups in total. The van der Waals surface area contributed by atoms with Crippen LogP contribution in [0.3, 0.4) is 0 Å². The van der Waals surface area contributed by atoms with Crippen molar-refractivity contribution in [3.8, 4) is 0 Å². The van der Waals surface area contributed by atoms with E-state index >= 15 is 0 Å². The summed E-state index contributed by atoms with van der Waals surface area (Å²) in [6.45, 7) is 4.24. The lowest BCUT2D eigenvalue weighted by Gasteiger charge is -2.09. The summed E-state index contributed by atoms with van der Waals surface area (Å²) < 4.78 is 0. The Morgan fingerprint density at radius 3 is 2.77 bits per heavy atom. The molecule has 0 saturated heterocycles. The number of rotatable bonds is 1. The summed E-state index contributed by atoms with van der Waals surface area (Å²) in [6.07, 6.45) is 3.80. The molecule has 2 heteroatoms. The van der Waals surface area contributed by atoms with Crippen molar-refractivity contribution in [3.63, 3.8) is 0 Å². The summed E-state index contributed by atoms with van der Waals surface area (Å²) in [5.74, 6) is 0.295. The van der Waals surface area contributed by atoms with Crippen LogP contribution in [0.15, 0.2) is 0 Å². The number of nitrogens with one attached hydrogen (secondary N) is 1. The minimum absolute atomic E-state index is 0.295. The Balaban J connectivity index is 2.54. The summed E-state index contributed by atoms with van der Waals surface area (Å²) >= 11 is 0. The molecule has 2 rings (SSSR count). The first-order valence-electron chi connectivity index (χ1n) is 4.97. The second-order valence-corrected chi connectivity index (χ2v) is 3.71. The van der Waals surface area contributed by atoms with Gasteiger partial charge in [0, 0.05) is 12.1 Å². The van der Waals surface area contributed by atoms with E-state index in [1.807, 2.05) is 0 Å². The standard InChI is InChI=1S/C11H15NO/c1-3-9-7(2)8-5-4-6-10(13)11(8)12-9/h12H,3-6H2,1-2H3. The highest BCUT2D eigenvalue weighted by Crippen LogP contribution is 2.26. The van der Waals surface area contributed by atoms with Crippen molar-refractivity contribution in [2.45, 2.75) is 39.5 Å². The van der Waals surface area contributed by atoms with E-state index in [9.17, 15) is 4.79 Å². The summed E-state index contributed by atoms with van der Waals surface area (Å²) in [6, 6.07) is 0. The van der Waals surface area contributed by atoms with Gasteiger partial charge < -0.3 is 4.98 Å². The zero-order valence-electron chi connectivity index (χ0n) is 8.24. The van der Waals surface area contributed by atoms with Gasteiger partial charge >= 0.3 is 0 Å². The maximum Gasteiger partial charge on any atom is 0.179 e. The molecule has 0 radical (unpaired) electrons. The van der Waals surface area contributed by atoms with E-state index < -0.39 is 0 Å². The minimum atomic E-state index is 0.295. The third-order valence-corrected chi connectivity index (χ3v) is 2.95. The minimum Gasteiger partial charge on any atom is -0.356 e. The number of aromatic nitrogens is 1. The Morgan fingerprint density at radius 1 is 1.38 bits per heavy atom. The Hall–Kier alpha value is -1.05. The maximum atomic E-state index is 11.5. The summed E-state index contributed by atoms with van der Waals surface area (Å²) in [4.78, 5) is 14.8. The molecule has 2 nitrogen and oxygen atoms in total. The van der Waals surface area contributed by atoms with E-state index in [0.29, 0.717) is 5.78 Å². The molecule has 0 spiro atoms. The van der Waals surface area contributed by atoms with Crippen LogP contribution in [0.1, 0.15) is 47.1 Å². The molecule has 13 heavy (non-hydrogen) atoms. The maximum absolute atomic E-state index is 11.5. The molecule has 0 amide bonds. The fraction of sp³-hybridized carbons (Fsp3) is 0.545. The molecule has 1 aromatic heterocycles. The summed E-state index contributed by atoms with van der Waals surface area (Å²) in [7, 11) is 0. The van der Waals surface area contributed by atoms with E-state index in [2.05, 4.69) is 18.8 Å². The van der Waals surface area contributed by atoms with Gasteiger partial charge in [0.15, 0.2) is 5.78 Å². The van der Waals surface area contributed by atoms with Gasteiger partial charge in [-0.3, -0.25) is 4.79 Å². The number of hydrogen-bond acceptors (Lipinski definition) is 1. The Kier molecular flexibility index (Phi) is 1.98. The van der Waals surface area contributed by atoms with Crippen molar-refractivity contribution >= 4 is 5.78 Å². The van der Waals surface area contributed by atoms with Crippen molar-refractivity contribution in [3.05, 3.63) is 22.5 Å². The number of Topliss-reactive ketones (excluding diaryl/α,β-unsaturated/α-hetero) is 1. The Morgan fingerprint density at radius 2 is 2.15 bits per heavy atom. The molecule has 70 valence electrons. The Labute approximate surface area is 78.4 Å². The van der Waals surface area contributed by atoms with E-state index in [4.69, 9.17) is 0 Å². The van der Waals surface area contributed by atoms with Crippen molar-refractivity contribution in [1.29, 1.82) is 0 Å². The Bertz CT molecular complexity index is 349. The molecule has 0 unspecified atom stereocenters. The average molecular weight is 177 g/mol. The first kappa shape index (κ1) is 8.54. The summed E-state index contributed by atoms with van der Waals surface area (Å²) in [5.41, 5.74) is 4.71. The zero-order chi connectivity index (χ0) is 9.42. The van der Waals surface area contributed by atoms with Crippen molar-refractivity contribution < 1.29 is 4.79 Å². The van der Waals surface area contributed by atoms with Crippen LogP contribution in [-0.2, 0) is 12.8 Å². The van der Waals surface area contributed by atoms with Crippen molar-refractivity contribution in [1.82, 2.24) is 4.98 Å². The van der Waals surface area contributed by atoms with Gasteiger partial charge in [0.25, 0.3) is 0 Å². The van der Waals surface area contributed by atoms with E-state index in [1.165, 1.54) is 16.8 Å². The number of H-pyrrole nitrogens is 1. The van der Waals surface area contributed by atoms with Gasteiger partial charge in [0.2, 0.25) is 0 Å². The van der Waals surface area contributed by atoms with E-state index in [1.54, 1.807) is 0 Å². The fourth-order valence-corrected chi connectivity index (χ4v) is 2.14. The van der Waals surface area contributed by atoms with Gasteiger partial charge in [-0.05, 0) is 37.3 Å². The van der Waals surface area contributed by atoms with Crippen LogP contribution >= 0.6 is 0 Å². The third kappa shape index (κ3) is 1.21. The first-order valence-corrected chi connectivity index (χ1v) is 4.97. The van der Waals surface area contributed by atoms with Gasteiger partial charge in [-0.2, -0.15) is 0 Å². The summed E-state index contributed by atoms with van der Waals surface area (Å²) in [5, 5.41) is 0. The quantitative estimate of drug-likeness (QED) is 0.702. The molecule has 0 saturated carbocycles. The van der Waals surface area contributed by atoms with Gasteiger partial charge in [0.05, 0.1) is 5.69 Å². The van der Waals surface area contributed by atoms with Crippen LogP contribution in [-0.4, -0.2) is 10.8 Å². The number of fused-ring (bicyclic) bond motifs is 1. The highest BCUT2D eigenvalue weighted by Gasteiger charge is 2.22. The smallest absolute Gasteiger partial charge is 0.179 e. The largest absolute Gasteiger partial charge is 0.356 e. The molecule has 1 aliphatic carbocycles. The molecule has 1 aromatic rings. The van der Waals surface area contributed by atoms with Gasteiger partial charge in [-0.15, -0.1) is 0 Å². The van der Waals surface area contributed by atoms with Crippen LogP contribution in [0.25, 0.3) is 0 Å². The van der Waals surface area contributed by atoms with Crippen molar-refractivity contribution in [2.24, 2.45) is 0 Å². The molecule has 0 atom stereocenters. The molecule has 0 aliphatic heterocycles. The number of carbonyl (C=O) groups is 1. The predicted octanol–water partition coefficient (Wildman–Crippen LogP) is 2.40. The van der Waals surface area contributed by atoms with Gasteiger partial charge in [-0.1, -0.05) is 6.92 Å². The predicted molar refractivity (Wildman–Crippen MR) is 52.2 cm³/mol. The van der Waals surface area contributed by atoms with Gasteiger partial charge in [0.1, 0.15) is 0 Å². The van der Waals surface area contributed by atoms with Crippen LogP contribution in [0.2, 0.25) is 0 Å². The lowest BCUT2D eigenvalue weighted by atomic mass is 9.94. The second-order valence-electron chi connectivity index (χ2n) is 3.71. The van der Waals surface area contributed by atoms with E-state index in [-0.39, 0.29) is 0 Å². The molecule has 0 fully saturated rings. The van der Waals surface area contributed by atoms with Crippen LogP contribution < -0.4 is 0 Å². The third-order valence-electron chi connectivity index (χ3n) is 2.95. The monoisotopic (exact) mass is 177 g/mol. The second kappa shape index (κ2) is 3.02. The molecular weight excluding hydrogens is 162 g/mol. The van der Waals surface area contributed by atoms with Crippen molar-refractivity contribution in [2.75, 3.05) is 0 Å². The highest BCUT2D eigenvalue weighted by atomic mass is 16.1. The number of hydrogen-bond donors (Lipinski definition) is 1. The molecule has 1 aliphatic rings. The molecular formula is C11H15NO. The highest BCUT2D eigenvalue weighted by molar-refractivity contribution is 5.97. The first-order chi connectivity index (χ1) is 6.24. The zero-order valence-corrected chi connectivity index (χ0v) is 8.24. The number of ketones is 1. The van der Waals surface area contributed by atoms with E-state index in [0.717, 1.165) is 31.4 Å². The van der Waals surface area contributed by atoms with Crippen LogP contribution in [0, 0.1) is 6.92 Å². The number of aryl methyl sites for hydroxylation is 1. The lowest BCUT2D eigenvalue weighted by Crippen LogP contribution is -2.09. The molecule has 1 heterocycles. The number of carbonyl (C=O) groups excluding carboxylic acids is 1. The molecule has 0 bridgehead atoms. The van der Waals surface area contributed by atoms with Crippen LogP contribution in [0.5, 0.6) is 0 Å². The number of aromatic amines is 1. The fourth-order valence-electron chi connectivity index (χ4n) is 2.14. The molecule has 0 aromatic carbocycles. The normalized spacial score (nSPS) is 16.0. The average Bonchev–Trinajstić information content (AvgIpc) is 2.45. The topological polar surface area (TPSA) is 32.9 Å². The van der Waals surface area contributed by atoms with Crippen LogP contribution in [0.4, 0.5) is 0 Å². The SMILES string of the molecule is CCc1[nH]c2c(c1C)CCCC2=O. The lowest BCUT2D eigenvalue weighted by molar-refractivity contribution is 0.0968. The van der Waals surface area contributed by atoms with Gasteiger partial charge in [-0.25, -0.2) is 0 Å².